The monoisotopic (exact) mass is 250 g/mol. The summed E-state index contributed by atoms with van der Waals surface area (Å²) >= 11 is 5.58. The topological polar surface area (TPSA) is 54.9 Å². The Morgan fingerprint density at radius 3 is 2.71 bits per heavy atom. The first kappa shape index (κ1) is 11.7. The van der Waals surface area contributed by atoms with E-state index in [0.29, 0.717) is 0 Å². The van der Waals surface area contributed by atoms with Gasteiger partial charge in [-0.05, 0) is 12.5 Å². The van der Waals surface area contributed by atoms with Crippen molar-refractivity contribution >= 4 is 11.6 Å². The Labute approximate surface area is 102 Å². The van der Waals surface area contributed by atoms with Crippen LogP contribution in [0.4, 0.5) is 0 Å². The van der Waals surface area contributed by atoms with Crippen molar-refractivity contribution in [2.45, 2.75) is 13.5 Å². The van der Waals surface area contributed by atoms with E-state index in [1.807, 2.05) is 31.2 Å². The van der Waals surface area contributed by atoms with E-state index >= 15 is 0 Å². The van der Waals surface area contributed by atoms with Gasteiger partial charge in [0.25, 0.3) is 5.56 Å². The predicted molar refractivity (Wildman–Crippen MR) is 66.6 cm³/mol. The molecule has 2 aromatic rings. The molecule has 17 heavy (non-hydrogen) atoms. The third-order valence-electron chi connectivity index (χ3n) is 2.41. The molecule has 5 heteroatoms. The molecular formula is C12H11ClN2O2. The number of benzene rings is 1. The Kier molecular flexibility index (Phi) is 3.15. The molecular weight excluding hydrogens is 240 g/mol. The maximum Gasteiger partial charge on any atom is 0.329 e. The molecule has 88 valence electrons. The molecule has 0 atom stereocenters. The van der Waals surface area contributed by atoms with E-state index in [1.54, 1.807) is 0 Å². The van der Waals surface area contributed by atoms with E-state index < -0.39 is 11.2 Å². The second kappa shape index (κ2) is 4.59. The second-order valence-corrected chi connectivity index (χ2v) is 4.24. The predicted octanol–water partition coefficient (Wildman–Crippen LogP) is 1.55. The summed E-state index contributed by atoms with van der Waals surface area (Å²) in [7, 11) is 0. The zero-order chi connectivity index (χ0) is 12.4. The van der Waals surface area contributed by atoms with Crippen molar-refractivity contribution in [3.05, 3.63) is 67.4 Å². The number of halogens is 1. The number of nitrogens with one attached hydrogen (secondary N) is 1. The van der Waals surface area contributed by atoms with Gasteiger partial charge in [0.1, 0.15) is 5.15 Å². The van der Waals surface area contributed by atoms with Gasteiger partial charge in [0.05, 0.1) is 6.54 Å². The number of aryl methyl sites for hydroxylation is 1. The van der Waals surface area contributed by atoms with Crippen molar-refractivity contribution in [2.75, 3.05) is 0 Å². The van der Waals surface area contributed by atoms with Crippen molar-refractivity contribution in [1.29, 1.82) is 0 Å². The largest absolute Gasteiger partial charge is 0.329 e. The van der Waals surface area contributed by atoms with Gasteiger partial charge in [-0.2, -0.15) is 0 Å². The van der Waals surface area contributed by atoms with Crippen LogP contribution in [0.1, 0.15) is 11.1 Å². The van der Waals surface area contributed by atoms with E-state index in [1.165, 1.54) is 6.07 Å². The highest BCUT2D eigenvalue weighted by Crippen LogP contribution is 2.04. The zero-order valence-corrected chi connectivity index (χ0v) is 9.99. The fraction of sp³-hybridized carbons (Fsp3) is 0.167. The highest BCUT2D eigenvalue weighted by molar-refractivity contribution is 6.29. The first-order chi connectivity index (χ1) is 8.06. The smallest absolute Gasteiger partial charge is 0.298 e. The van der Waals surface area contributed by atoms with Gasteiger partial charge in [0.2, 0.25) is 0 Å². The van der Waals surface area contributed by atoms with Crippen LogP contribution in [0.25, 0.3) is 0 Å². The van der Waals surface area contributed by atoms with E-state index in [0.717, 1.165) is 15.7 Å². The SMILES string of the molecule is Cc1cccc(Cn2c(=O)cc(Cl)[nH]c2=O)c1. The molecule has 1 aromatic heterocycles. The fourth-order valence-electron chi connectivity index (χ4n) is 1.63. The third kappa shape index (κ3) is 2.65. The summed E-state index contributed by atoms with van der Waals surface area (Å²) in [5, 5.41) is 0.0560. The van der Waals surface area contributed by atoms with Crippen molar-refractivity contribution < 1.29 is 0 Å². The molecule has 0 amide bonds. The first-order valence-corrected chi connectivity index (χ1v) is 5.49. The standard InChI is InChI=1S/C12H11ClN2O2/c1-8-3-2-4-9(5-8)7-15-11(16)6-10(13)14-12(15)17/h2-6H,7H2,1H3,(H,14,17). The van der Waals surface area contributed by atoms with Gasteiger partial charge in [0, 0.05) is 6.07 Å². The lowest BCUT2D eigenvalue weighted by atomic mass is 10.1. The highest BCUT2D eigenvalue weighted by Gasteiger charge is 2.04. The van der Waals surface area contributed by atoms with Crippen LogP contribution in [0.15, 0.2) is 39.9 Å². The maximum absolute atomic E-state index is 11.6. The average Bonchev–Trinajstić information content (AvgIpc) is 2.23. The molecule has 0 saturated heterocycles. The van der Waals surface area contributed by atoms with Gasteiger partial charge in [0.15, 0.2) is 0 Å². The van der Waals surface area contributed by atoms with Gasteiger partial charge in [-0.3, -0.25) is 14.3 Å². The van der Waals surface area contributed by atoms with E-state index in [9.17, 15) is 9.59 Å². The van der Waals surface area contributed by atoms with Crippen LogP contribution in [0.5, 0.6) is 0 Å². The molecule has 0 bridgehead atoms. The Morgan fingerprint density at radius 1 is 1.29 bits per heavy atom. The Balaban J connectivity index is 2.44. The van der Waals surface area contributed by atoms with Gasteiger partial charge in [-0.15, -0.1) is 0 Å². The van der Waals surface area contributed by atoms with Gasteiger partial charge < -0.3 is 0 Å². The average molecular weight is 251 g/mol. The molecule has 1 heterocycles. The molecule has 0 radical (unpaired) electrons. The zero-order valence-electron chi connectivity index (χ0n) is 9.24. The summed E-state index contributed by atoms with van der Waals surface area (Å²) in [5.74, 6) is 0. The second-order valence-electron chi connectivity index (χ2n) is 3.84. The summed E-state index contributed by atoms with van der Waals surface area (Å²) < 4.78 is 1.11. The minimum Gasteiger partial charge on any atom is -0.298 e. The normalized spacial score (nSPS) is 10.5. The van der Waals surface area contributed by atoms with Crippen LogP contribution in [0.3, 0.4) is 0 Å². The summed E-state index contributed by atoms with van der Waals surface area (Å²) in [5.41, 5.74) is 1.09. The van der Waals surface area contributed by atoms with E-state index in [4.69, 9.17) is 11.6 Å². The number of nitrogens with zero attached hydrogens (tertiary/aromatic N) is 1. The van der Waals surface area contributed by atoms with Crippen molar-refractivity contribution in [2.24, 2.45) is 0 Å². The molecule has 0 saturated carbocycles. The molecule has 0 aliphatic carbocycles. The molecule has 0 aliphatic heterocycles. The van der Waals surface area contributed by atoms with Crippen LogP contribution in [0, 0.1) is 6.92 Å². The number of aromatic amines is 1. The minimum absolute atomic E-state index is 0.0560. The number of hydrogen-bond acceptors (Lipinski definition) is 2. The van der Waals surface area contributed by atoms with Crippen LogP contribution in [-0.2, 0) is 6.54 Å². The van der Waals surface area contributed by atoms with Crippen molar-refractivity contribution in [3.63, 3.8) is 0 Å². The van der Waals surface area contributed by atoms with E-state index in [2.05, 4.69) is 4.98 Å². The molecule has 1 N–H and O–H groups in total. The number of hydrogen-bond donors (Lipinski definition) is 1. The lowest BCUT2D eigenvalue weighted by molar-refractivity contribution is 0.699. The number of aromatic nitrogens is 2. The molecule has 0 fully saturated rings. The Hall–Kier alpha value is -1.81. The Morgan fingerprint density at radius 2 is 2.06 bits per heavy atom. The molecule has 1 aromatic carbocycles. The summed E-state index contributed by atoms with van der Waals surface area (Å²) in [6.45, 7) is 2.20. The first-order valence-electron chi connectivity index (χ1n) is 5.11. The highest BCUT2D eigenvalue weighted by atomic mass is 35.5. The number of rotatable bonds is 2. The molecule has 2 rings (SSSR count). The summed E-state index contributed by atoms with van der Waals surface area (Å²) in [6, 6.07) is 8.84. The van der Waals surface area contributed by atoms with E-state index in [-0.39, 0.29) is 11.7 Å². The van der Waals surface area contributed by atoms with Crippen molar-refractivity contribution in [3.8, 4) is 0 Å². The number of H-pyrrole nitrogens is 1. The van der Waals surface area contributed by atoms with Crippen LogP contribution < -0.4 is 11.2 Å². The lowest BCUT2D eigenvalue weighted by Gasteiger charge is -2.05. The quantitative estimate of drug-likeness (QED) is 0.822. The fourth-order valence-corrected chi connectivity index (χ4v) is 1.81. The van der Waals surface area contributed by atoms with Gasteiger partial charge in [-0.25, -0.2) is 4.79 Å². The van der Waals surface area contributed by atoms with Crippen LogP contribution in [-0.4, -0.2) is 9.55 Å². The molecule has 0 unspecified atom stereocenters. The molecule has 4 nitrogen and oxygen atoms in total. The molecule has 0 aliphatic rings. The molecule has 0 spiro atoms. The summed E-state index contributed by atoms with van der Waals surface area (Å²) in [4.78, 5) is 25.6. The van der Waals surface area contributed by atoms with Crippen molar-refractivity contribution in [1.82, 2.24) is 9.55 Å². The van der Waals surface area contributed by atoms with Crippen LogP contribution in [0.2, 0.25) is 5.15 Å². The van der Waals surface area contributed by atoms with Gasteiger partial charge in [-0.1, -0.05) is 41.4 Å². The minimum atomic E-state index is -0.496. The van der Waals surface area contributed by atoms with Gasteiger partial charge >= 0.3 is 5.69 Å². The maximum atomic E-state index is 11.6. The third-order valence-corrected chi connectivity index (χ3v) is 2.61. The Bertz CT molecular complexity index is 627. The van der Waals surface area contributed by atoms with Crippen LogP contribution >= 0.6 is 11.6 Å². The summed E-state index contributed by atoms with van der Waals surface area (Å²) in [6.07, 6.45) is 0. The lowest BCUT2D eigenvalue weighted by Crippen LogP contribution is -2.34.